The summed E-state index contributed by atoms with van der Waals surface area (Å²) < 4.78 is 4.59. The number of carbonyl (C=O) groups excluding carboxylic acids is 2. The van der Waals surface area contributed by atoms with Gasteiger partial charge >= 0.3 is 35.5 Å². The number of rotatable bonds is 11. The molecule has 0 saturated heterocycles. The molecule has 0 unspecified atom stereocenters. The molecule has 23 heavy (non-hydrogen) atoms. The topological polar surface area (TPSA) is 180 Å². The summed E-state index contributed by atoms with van der Waals surface area (Å²) in [5, 5.41) is 54.5. The van der Waals surface area contributed by atoms with Crippen LogP contribution >= 0.6 is 0 Å². The van der Waals surface area contributed by atoms with Crippen LogP contribution in [0, 0.1) is 5.41 Å². The Hall–Kier alpha value is -0.300. The van der Waals surface area contributed by atoms with Crippen LogP contribution < -0.4 is 40.0 Å². The predicted octanol–water partition coefficient (Wildman–Crippen LogP) is -7.80. The second-order valence-corrected chi connectivity index (χ2v) is 4.41. The van der Waals surface area contributed by atoms with Gasteiger partial charge in [0.05, 0.1) is 51.0 Å². The molecule has 0 aromatic carbocycles. The number of nitrogens with one attached hydrogen (secondary N) is 1. The van der Waals surface area contributed by atoms with Gasteiger partial charge in [0, 0.05) is 19.6 Å². The van der Waals surface area contributed by atoms with E-state index >= 15 is 0 Å². The number of esters is 1. The molecule has 0 spiro atoms. The van der Waals surface area contributed by atoms with Crippen molar-refractivity contribution < 1.29 is 74.5 Å². The summed E-state index contributed by atoms with van der Waals surface area (Å²) >= 11 is 0. The summed E-state index contributed by atoms with van der Waals surface area (Å²) in [6.45, 7) is -2.07. The van der Waals surface area contributed by atoms with Crippen LogP contribution in [-0.2, 0) is 14.3 Å². The Balaban J connectivity index is -0.000000354. The Labute approximate surface area is 156 Å². The fourth-order valence-electron chi connectivity index (χ4n) is 0.868. The molecule has 0 saturated carbocycles. The number of hydrogen-bond donors (Lipinski definition) is 6. The summed E-state index contributed by atoms with van der Waals surface area (Å²) in [7, 11) is 0. The van der Waals surface area contributed by atoms with E-state index in [1.165, 1.54) is 0 Å². The number of ether oxygens (including phenoxy) is 1. The van der Waals surface area contributed by atoms with Crippen LogP contribution in [0.5, 0.6) is 0 Å². The number of carboxylic acids is 1. The minimum absolute atomic E-state index is 0. The van der Waals surface area contributed by atoms with Crippen molar-refractivity contribution in [1.29, 1.82) is 0 Å². The molecule has 0 rings (SSSR count). The van der Waals surface area contributed by atoms with Crippen LogP contribution in [0.1, 0.15) is 6.42 Å². The molecule has 0 aromatic rings. The van der Waals surface area contributed by atoms with Gasteiger partial charge in [-0.3, -0.25) is 4.79 Å². The van der Waals surface area contributed by atoms with E-state index in [1.807, 2.05) is 0 Å². The molecular formula is C12H24NNaO9. The summed E-state index contributed by atoms with van der Waals surface area (Å²) in [4.78, 5) is 20.6. The molecule has 0 heterocycles. The molecular weight excluding hydrogens is 325 g/mol. The Bertz CT molecular complexity index is 283. The van der Waals surface area contributed by atoms with Crippen molar-refractivity contribution in [3.8, 4) is 0 Å². The second-order valence-electron chi connectivity index (χ2n) is 4.41. The van der Waals surface area contributed by atoms with Crippen molar-refractivity contribution in [2.75, 3.05) is 52.7 Å². The van der Waals surface area contributed by atoms with E-state index in [9.17, 15) is 14.7 Å². The Morgan fingerprint density at radius 2 is 1.43 bits per heavy atom. The molecule has 0 aliphatic heterocycles. The van der Waals surface area contributed by atoms with Gasteiger partial charge in [-0.1, -0.05) is 0 Å². The largest absolute Gasteiger partial charge is 1.00 e. The molecule has 0 aliphatic carbocycles. The average molecular weight is 349 g/mol. The molecule has 6 N–H and O–H groups in total. The van der Waals surface area contributed by atoms with Gasteiger partial charge in [0.2, 0.25) is 0 Å². The fraction of sp³-hybridized carbons (Fsp3) is 0.833. The van der Waals surface area contributed by atoms with Crippen LogP contribution in [0.3, 0.4) is 0 Å². The summed E-state index contributed by atoms with van der Waals surface area (Å²) in [5.74, 6) is -1.82. The monoisotopic (exact) mass is 349 g/mol. The standard InChI is InChI=1S/C7H13NO5.C5H12O4.Na/c9-2-1-3-13-7(12)5-8-4-6(10)11;6-1-5(2-7,3-8)4-9;/h8-9H,1-5H2,(H,10,11);6-9H,1-4H2;/q;;+1/p-1. The molecule has 0 aromatic heterocycles. The zero-order valence-electron chi connectivity index (χ0n) is 13.2. The van der Waals surface area contributed by atoms with E-state index in [0.29, 0.717) is 6.42 Å². The van der Waals surface area contributed by atoms with Gasteiger partial charge in [-0.25, -0.2) is 0 Å². The number of carboxylic acid groups (broad SMARTS) is 1. The van der Waals surface area contributed by atoms with Crippen LogP contribution in [0.15, 0.2) is 0 Å². The predicted molar refractivity (Wildman–Crippen MR) is 71.3 cm³/mol. The van der Waals surface area contributed by atoms with Gasteiger partial charge in [0.15, 0.2) is 0 Å². The number of aliphatic hydroxyl groups excluding tert-OH is 5. The van der Waals surface area contributed by atoms with Gasteiger partial charge in [-0.2, -0.15) is 0 Å². The van der Waals surface area contributed by atoms with E-state index in [4.69, 9.17) is 25.5 Å². The van der Waals surface area contributed by atoms with Crippen molar-refractivity contribution in [3.05, 3.63) is 0 Å². The van der Waals surface area contributed by atoms with E-state index in [-0.39, 0.29) is 55.9 Å². The zero-order chi connectivity index (χ0) is 17.4. The Kier molecular flexibility index (Phi) is 21.6. The number of hydrogen-bond acceptors (Lipinski definition) is 10. The quantitative estimate of drug-likeness (QED) is 0.119. The van der Waals surface area contributed by atoms with E-state index in [1.54, 1.807) is 0 Å². The van der Waals surface area contributed by atoms with E-state index in [2.05, 4.69) is 10.1 Å². The van der Waals surface area contributed by atoms with Gasteiger partial charge in [0.1, 0.15) is 0 Å². The average Bonchev–Trinajstić information content (AvgIpc) is 2.51. The van der Waals surface area contributed by atoms with Crippen LogP contribution in [0.2, 0.25) is 0 Å². The summed E-state index contributed by atoms with van der Waals surface area (Å²) in [6, 6.07) is 0. The van der Waals surface area contributed by atoms with Crippen LogP contribution in [-0.4, -0.2) is 90.2 Å². The molecule has 0 atom stereocenters. The number of aliphatic hydroxyl groups is 5. The smallest absolute Gasteiger partial charge is 0.549 e. The maximum Gasteiger partial charge on any atom is 1.00 e. The van der Waals surface area contributed by atoms with E-state index in [0.717, 1.165) is 0 Å². The third-order valence-corrected chi connectivity index (χ3v) is 2.45. The molecule has 132 valence electrons. The molecule has 0 amide bonds. The van der Waals surface area contributed by atoms with Gasteiger partial charge in [-0.15, -0.1) is 0 Å². The zero-order valence-corrected chi connectivity index (χ0v) is 15.2. The minimum Gasteiger partial charge on any atom is -0.549 e. The SMILES string of the molecule is O=C([O-])CNCC(=O)OCCCO.OCC(CO)(CO)CO.[Na+]. The fourth-order valence-corrected chi connectivity index (χ4v) is 0.868. The van der Waals surface area contributed by atoms with Crippen molar-refractivity contribution >= 4 is 11.9 Å². The molecule has 0 radical (unpaired) electrons. The van der Waals surface area contributed by atoms with Crippen molar-refractivity contribution in [2.24, 2.45) is 5.41 Å². The first kappa shape index (κ1) is 27.5. The maximum absolute atomic E-state index is 10.7. The van der Waals surface area contributed by atoms with Gasteiger partial charge in [-0.05, 0) is 0 Å². The van der Waals surface area contributed by atoms with Gasteiger partial charge < -0.3 is 45.5 Å². The van der Waals surface area contributed by atoms with Crippen molar-refractivity contribution in [3.63, 3.8) is 0 Å². The first-order chi connectivity index (χ1) is 10.4. The third-order valence-electron chi connectivity index (χ3n) is 2.45. The maximum atomic E-state index is 10.7. The molecule has 10 nitrogen and oxygen atoms in total. The molecule has 11 heteroatoms. The number of aliphatic carboxylic acids is 1. The summed E-state index contributed by atoms with van der Waals surface area (Å²) in [5.41, 5.74) is -1.11. The van der Waals surface area contributed by atoms with Crippen LogP contribution in [0.4, 0.5) is 0 Å². The van der Waals surface area contributed by atoms with Crippen molar-refractivity contribution in [1.82, 2.24) is 5.32 Å². The molecule has 0 bridgehead atoms. The third kappa shape index (κ3) is 16.3. The molecule has 0 fully saturated rings. The first-order valence-corrected chi connectivity index (χ1v) is 6.51. The molecule has 0 aliphatic rings. The van der Waals surface area contributed by atoms with Crippen molar-refractivity contribution in [2.45, 2.75) is 6.42 Å². The second kappa shape index (κ2) is 18.0. The minimum atomic E-state index is -1.27. The first-order valence-electron chi connectivity index (χ1n) is 6.51. The Morgan fingerprint density at radius 3 is 1.74 bits per heavy atom. The van der Waals surface area contributed by atoms with Gasteiger partial charge in [0.25, 0.3) is 0 Å². The van der Waals surface area contributed by atoms with E-state index < -0.39 is 43.8 Å². The van der Waals surface area contributed by atoms with Crippen LogP contribution in [0.25, 0.3) is 0 Å². The number of carbonyl (C=O) groups is 2. The summed E-state index contributed by atoms with van der Waals surface area (Å²) in [6.07, 6.45) is 0.381. The normalized spacial score (nSPS) is 10.1. The Morgan fingerprint density at radius 1 is 0.957 bits per heavy atom.